The van der Waals surface area contributed by atoms with E-state index in [0.717, 1.165) is 11.3 Å². The van der Waals surface area contributed by atoms with Crippen molar-refractivity contribution in [2.24, 2.45) is 0 Å². The van der Waals surface area contributed by atoms with E-state index < -0.39 is 6.10 Å². The van der Waals surface area contributed by atoms with Gasteiger partial charge in [0, 0.05) is 15.6 Å². The summed E-state index contributed by atoms with van der Waals surface area (Å²) in [6.07, 6.45) is -0.743. The first-order valence-electron chi connectivity index (χ1n) is 6.37. The van der Waals surface area contributed by atoms with Crippen LogP contribution in [-0.4, -0.2) is 11.2 Å². The van der Waals surface area contributed by atoms with Crippen molar-refractivity contribution in [1.82, 2.24) is 0 Å². The zero-order valence-corrected chi connectivity index (χ0v) is 12.8. The maximum atomic E-state index is 10.4. The van der Waals surface area contributed by atoms with E-state index in [4.69, 9.17) is 27.9 Å². The van der Waals surface area contributed by atoms with Gasteiger partial charge in [0.05, 0.1) is 6.10 Å². The number of aliphatic hydroxyl groups excluding tert-OH is 1. The van der Waals surface area contributed by atoms with Gasteiger partial charge in [0.2, 0.25) is 0 Å². The van der Waals surface area contributed by atoms with Crippen LogP contribution >= 0.6 is 23.2 Å². The van der Waals surface area contributed by atoms with E-state index in [0.29, 0.717) is 15.6 Å². The highest BCUT2D eigenvalue weighted by Crippen LogP contribution is 2.34. The van der Waals surface area contributed by atoms with Gasteiger partial charge in [0.25, 0.3) is 0 Å². The molecule has 0 radical (unpaired) electrons. The molecule has 1 atom stereocenters. The summed E-state index contributed by atoms with van der Waals surface area (Å²) in [5.74, 6) is 0.765. The summed E-state index contributed by atoms with van der Waals surface area (Å²) < 4.78 is 5.57. The Morgan fingerprint density at radius 1 is 0.950 bits per heavy atom. The second kappa shape index (κ2) is 6.49. The predicted molar refractivity (Wildman–Crippen MR) is 82.7 cm³/mol. The SMILES string of the molecule is CC(C)Oc1ccc(C(O)c2c(Cl)cccc2Cl)cc1. The minimum atomic E-state index is -0.857. The average molecular weight is 311 g/mol. The fourth-order valence-corrected chi connectivity index (χ4v) is 2.54. The molecule has 2 rings (SSSR count). The summed E-state index contributed by atoms with van der Waals surface area (Å²) in [5, 5.41) is 11.3. The van der Waals surface area contributed by atoms with Gasteiger partial charge < -0.3 is 9.84 Å². The van der Waals surface area contributed by atoms with Gasteiger partial charge in [-0.2, -0.15) is 0 Å². The molecule has 0 saturated carbocycles. The summed E-state index contributed by atoms with van der Waals surface area (Å²) in [7, 11) is 0. The zero-order chi connectivity index (χ0) is 14.7. The van der Waals surface area contributed by atoms with Gasteiger partial charge in [-0.25, -0.2) is 0 Å². The number of hydrogen-bond donors (Lipinski definition) is 1. The maximum absolute atomic E-state index is 10.4. The smallest absolute Gasteiger partial charge is 0.119 e. The lowest BCUT2D eigenvalue weighted by molar-refractivity contribution is 0.219. The van der Waals surface area contributed by atoms with Crippen molar-refractivity contribution in [3.05, 3.63) is 63.6 Å². The monoisotopic (exact) mass is 310 g/mol. The van der Waals surface area contributed by atoms with Crippen LogP contribution in [0.15, 0.2) is 42.5 Å². The molecule has 1 N–H and O–H groups in total. The minimum absolute atomic E-state index is 0.115. The molecule has 106 valence electrons. The molecular formula is C16H16Cl2O2. The van der Waals surface area contributed by atoms with Gasteiger partial charge in [-0.1, -0.05) is 41.4 Å². The second-order valence-electron chi connectivity index (χ2n) is 4.77. The van der Waals surface area contributed by atoms with Crippen LogP contribution in [0.3, 0.4) is 0 Å². The van der Waals surface area contributed by atoms with Crippen LogP contribution in [0.25, 0.3) is 0 Å². The second-order valence-corrected chi connectivity index (χ2v) is 5.59. The van der Waals surface area contributed by atoms with Crippen molar-refractivity contribution in [3.8, 4) is 5.75 Å². The molecule has 0 bridgehead atoms. The fraction of sp³-hybridized carbons (Fsp3) is 0.250. The quantitative estimate of drug-likeness (QED) is 0.873. The highest BCUT2D eigenvalue weighted by molar-refractivity contribution is 6.36. The van der Waals surface area contributed by atoms with Gasteiger partial charge >= 0.3 is 0 Å². The topological polar surface area (TPSA) is 29.5 Å². The van der Waals surface area contributed by atoms with E-state index in [1.807, 2.05) is 38.1 Å². The Kier molecular flexibility index (Phi) is 4.92. The van der Waals surface area contributed by atoms with Crippen LogP contribution in [0.5, 0.6) is 5.75 Å². The first-order chi connectivity index (χ1) is 9.49. The van der Waals surface area contributed by atoms with Crippen molar-refractivity contribution in [2.45, 2.75) is 26.1 Å². The van der Waals surface area contributed by atoms with Crippen LogP contribution < -0.4 is 4.74 Å². The van der Waals surface area contributed by atoms with Crippen molar-refractivity contribution < 1.29 is 9.84 Å². The van der Waals surface area contributed by atoms with Crippen molar-refractivity contribution in [2.75, 3.05) is 0 Å². The standard InChI is InChI=1S/C16H16Cl2O2/c1-10(2)20-12-8-6-11(7-9-12)16(19)15-13(17)4-3-5-14(15)18/h3-10,16,19H,1-2H3. The molecule has 0 aliphatic carbocycles. The minimum Gasteiger partial charge on any atom is -0.491 e. The number of aliphatic hydroxyl groups is 1. The van der Waals surface area contributed by atoms with Crippen molar-refractivity contribution in [3.63, 3.8) is 0 Å². The molecule has 0 aromatic heterocycles. The van der Waals surface area contributed by atoms with E-state index in [2.05, 4.69) is 0 Å². The van der Waals surface area contributed by atoms with Gasteiger partial charge in [-0.15, -0.1) is 0 Å². The van der Waals surface area contributed by atoms with Gasteiger partial charge in [-0.3, -0.25) is 0 Å². The van der Waals surface area contributed by atoms with Crippen LogP contribution in [-0.2, 0) is 0 Å². The molecule has 2 nitrogen and oxygen atoms in total. The van der Waals surface area contributed by atoms with E-state index in [1.165, 1.54) is 0 Å². The average Bonchev–Trinajstić information content (AvgIpc) is 2.38. The first-order valence-corrected chi connectivity index (χ1v) is 7.13. The third-order valence-corrected chi connectivity index (χ3v) is 3.50. The van der Waals surface area contributed by atoms with Crippen LogP contribution in [0, 0.1) is 0 Å². The molecule has 2 aromatic carbocycles. The normalized spacial score (nSPS) is 12.5. The first kappa shape index (κ1) is 15.2. The number of rotatable bonds is 4. The Hall–Kier alpha value is -1.22. The Balaban J connectivity index is 2.27. The lowest BCUT2D eigenvalue weighted by atomic mass is 10.0. The number of ether oxygens (including phenoxy) is 1. The Bertz CT molecular complexity index is 559. The number of hydrogen-bond acceptors (Lipinski definition) is 2. The van der Waals surface area contributed by atoms with Crippen molar-refractivity contribution >= 4 is 23.2 Å². The third-order valence-electron chi connectivity index (χ3n) is 2.84. The molecule has 0 fully saturated rings. The Morgan fingerprint density at radius 3 is 2.00 bits per heavy atom. The van der Waals surface area contributed by atoms with Gasteiger partial charge in [-0.05, 0) is 43.7 Å². The summed E-state index contributed by atoms with van der Waals surface area (Å²) in [5.41, 5.74) is 1.24. The lowest BCUT2D eigenvalue weighted by Crippen LogP contribution is -2.06. The largest absolute Gasteiger partial charge is 0.491 e. The third kappa shape index (κ3) is 3.45. The summed E-state index contributed by atoms with van der Waals surface area (Å²) in [6.45, 7) is 3.93. The Morgan fingerprint density at radius 2 is 1.50 bits per heavy atom. The number of halogens is 2. The molecule has 1 unspecified atom stereocenters. The van der Waals surface area contributed by atoms with E-state index in [1.54, 1.807) is 18.2 Å². The van der Waals surface area contributed by atoms with Crippen LogP contribution in [0.4, 0.5) is 0 Å². The molecule has 2 aromatic rings. The summed E-state index contributed by atoms with van der Waals surface area (Å²) >= 11 is 12.2. The predicted octanol–water partition coefficient (Wildman–Crippen LogP) is 4.86. The molecule has 0 aliphatic heterocycles. The molecular weight excluding hydrogens is 295 g/mol. The fourth-order valence-electron chi connectivity index (χ4n) is 1.94. The maximum Gasteiger partial charge on any atom is 0.119 e. The van der Waals surface area contributed by atoms with Gasteiger partial charge in [0.1, 0.15) is 11.9 Å². The van der Waals surface area contributed by atoms with Crippen LogP contribution in [0.1, 0.15) is 31.1 Å². The molecule has 20 heavy (non-hydrogen) atoms. The van der Waals surface area contributed by atoms with E-state index in [-0.39, 0.29) is 6.10 Å². The summed E-state index contributed by atoms with van der Waals surface area (Å²) in [4.78, 5) is 0. The van der Waals surface area contributed by atoms with Gasteiger partial charge in [0.15, 0.2) is 0 Å². The molecule has 4 heteroatoms. The van der Waals surface area contributed by atoms with E-state index >= 15 is 0 Å². The Labute approximate surface area is 128 Å². The molecule has 0 aliphatic rings. The molecule has 0 spiro atoms. The summed E-state index contributed by atoms with van der Waals surface area (Å²) in [6, 6.07) is 12.4. The molecule has 0 heterocycles. The van der Waals surface area contributed by atoms with E-state index in [9.17, 15) is 5.11 Å². The highest BCUT2D eigenvalue weighted by Gasteiger charge is 2.17. The number of benzene rings is 2. The van der Waals surface area contributed by atoms with Crippen molar-refractivity contribution in [1.29, 1.82) is 0 Å². The highest BCUT2D eigenvalue weighted by atomic mass is 35.5. The van der Waals surface area contributed by atoms with Crippen LogP contribution in [0.2, 0.25) is 10.0 Å². The molecule has 0 amide bonds. The zero-order valence-electron chi connectivity index (χ0n) is 11.3. The lowest BCUT2D eigenvalue weighted by Gasteiger charge is -2.16. The molecule has 0 saturated heterocycles.